The van der Waals surface area contributed by atoms with Gasteiger partial charge in [0, 0.05) is 43.8 Å². The van der Waals surface area contributed by atoms with E-state index in [0.29, 0.717) is 31.7 Å². The molecule has 0 aromatic carbocycles. The molecule has 1 N–H and O–H groups in total. The van der Waals surface area contributed by atoms with E-state index in [2.05, 4.69) is 9.71 Å². The molecule has 0 spiro atoms. The molecule has 0 bridgehead atoms. The maximum Gasteiger partial charge on any atom is 0.417 e. The Labute approximate surface area is 212 Å². The summed E-state index contributed by atoms with van der Waals surface area (Å²) < 4.78 is 94.4. The van der Waals surface area contributed by atoms with Gasteiger partial charge in [-0.3, -0.25) is 0 Å². The lowest BCUT2D eigenvalue weighted by atomic mass is 9.56. The zero-order chi connectivity index (χ0) is 27.2. The third-order valence-corrected chi connectivity index (χ3v) is 10.5. The predicted molar refractivity (Wildman–Crippen MR) is 133 cm³/mol. The summed E-state index contributed by atoms with van der Waals surface area (Å²) in [5.74, 6) is 0.453. The number of halogens is 3. The van der Waals surface area contributed by atoms with E-state index in [0.717, 1.165) is 24.9 Å². The fourth-order valence-electron chi connectivity index (χ4n) is 5.48. The van der Waals surface area contributed by atoms with Gasteiger partial charge in [0.1, 0.15) is 5.82 Å². The Hall–Kier alpha value is -1.44. The van der Waals surface area contributed by atoms with Gasteiger partial charge < -0.3 is 4.90 Å². The van der Waals surface area contributed by atoms with Gasteiger partial charge >= 0.3 is 6.18 Å². The van der Waals surface area contributed by atoms with Crippen LogP contribution in [0.4, 0.5) is 19.0 Å². The monoisotopic (exact) mass is 554 g/mol. The van der Waals surface area contributed by atoms with Gasteiger partial charge in [-0.2, -0.15) is 17.5 Å². The number of piperazine rings is 1. The van der Waals surface area contributed by atoms with Crippen LogP contribution in [0.3, 0.4) is 0 Å². The number of nitrogens with zero attached hydrogens (tertiary/aromatic N) is 3. The Balaban J connectivity index is 1.78. The summed E-state index contributed by atoms with van der Waals surface area (Å²) in [7, 11) is -7.31. The first-order valence-corrected chi connectivity index (χ1v) is 15.6. The molecule has 3 rings (SSSR count). The largest absolute Gasteiger partial charge is 0.417 e. The number of rotatable bonds is 6. The predicted octanol–water partition coefficient (Wildman–Crippen LogP) is 3.32. The summed E-state index contributed by atoms with van der Waals surface area (Å²) >= 11 is 0. The van der Waals surface area contributed by atoms with Crippen molar-refractivity contribution in [1.82, 2.24) is 14.0 Å². The Kier molecular flexibility index (Phi) is 8.11. The maximum absolute atomic E-state index is 13.7. The summed E-state index contributed by atoms with van der Waals surface area (Å²) in [6.45, 7) is 8.87. The lowest BCUT2D eigenvalue weighted by molar-refractivity contribution is -0.137. The average Bonchev–Trinajstić information content (AvgIpc) is 2.73. The molecule has 1 aromatic heterocycles. The number of nitrogens with one attached hydrogen (secondary N) is 1. The highest BCUT2D eigenvalue weighted by molar-refractivity contribution is 7.89. The number of alkyl halides is 3. The smallest absolute Gasteiger partial charge is 0.354 e. The maximum atomic E-state index is 13.7. The van der Waals surface area contributed by atoms with E-state index >= 15 is 0 Å². The topological polar surface area (TPSA) is 99.7 Å². The second-order valence-electron chi connectivity index (χ2n) is 11.3. The highest BCUT2D eigenvalue weighted by atomic mass is 32.2. The molecule has 2 aliphatic rings. The average molecular weight is 555 g/mol. The van der Waals surface area contributed by atoms with Crippen LogP contribution in [-0.4, -0.2) is 70.4 Å². The van der Waals surface area contributed by atoms with E-state index in [1.807, 2.05) is 27.7 Å². The zero-order valence-electron chi connectivity index (χ0n) is 21.5. The van der Waals surface area contributed by atoms with Crippen molar-refractivity contribution in [2.75, 3.05) is 43.1 Å². The van der Waals surface area contributed by atoms with Crippen LogP contribution in [0.1, 0.15) is 52.5 Å². The number of aromatic nitrogens is 1. The molecule has 3 atom stereocenters. The molecule has 1 aromatic rings. The van der Waals surface area contributed by atoms with E-state index < -0.39 is 48.7 Å². The zero-order valence-corrected chi connectivity index (χ0v) is 23.1. The molecule has 0 amide bonds. The number of hydrogen-bond acceptors (Lipinski definition) is 6. The van der Waals surface area contributed by atoms with Crippen molar-refractivity contribution in [3.8, 4) is 0 Å². The summed E-state index contributed by atoms with van der Waals surface area (Å²) in [5.41, 5.74) is -2.12. The molecule has 13 heteroatoms. The van der Waals surface area contributed by atoms with Crippen molar-refractivity contribution < 1.29 is 30.0 Å². The Morgan fingerprint density at radius 2 is 1.69 bits per heavy atom. The van der Waals surface area contributed by atoms with E-state index in [4.69, 9.17) is 0 Å². The first-order chi connectivity index (χ1) is 16.3. The summed E-state index contributed by atoms with van der Waals surface area (Å²) in [4.78, 5) is 5.68. The molecule has 8 nitrogen and oxygen atoms in total. The number of pyridine rings is 1. The SMILES string of the molecule is C[C@H]1CC[C@](CS(=O)(=O)N2CCN(c3ccc(C(F)(F)F)cn3)CC2)(C(C)(C)C)C(NS(C)(=O)=O)C1. The van der Waals surface area contributed by atoms with Gasteiger partial charge in [0.25, 0.3) is 0 Å². The molecule has 2 heterocycles. The lowest BCUT2D eigenvalue weighted by Crippen LogP contribution is -2.61. The molecule has 2 fully saturated rings. The molecule has 1 saturated carbocycles. The minimum Gasteiger partial charge on any atom is -0.354 e. The van der Waals surface area contributed by atoms with Crippen molar-refractivity contribution in [2.45, 2.75) is 59.2 Å². The first-order valence-electron chi connectivity index (χ1n) is 12.1. The summed E-state index contributed by atoms with van der Waals surface area (Å²) in [5, 5.41) is 0. The van der Waals surface area contributed by atoms with Crippen LogP contribution in [0, 0.1) is 16.7 Å². The third-order valence-electron chi connectivity index (χ3n) is 7.71. The fraction of sp³-hybridized carbons (Fsp3) is 0.783. The second-order valence-corrected chi connectivity index (χ2v) is 15.0. The normalized spacial score (nSPS) is 27.3. The fourth-order valence-corrected chi connectivity index (χ4v) is 8.65. The molecule has 206 valence electrons. The van der Waals surface area contributed by atoms with Crippen molar-refractivity contribution in [2.24, 2.45) is 16.7 Å². The first kappa shape index (κ1) is 29.1. The molecular formula is C23H37F3N4O4S2. The van der Waals surface area contributed by atoms with Crippen LogP contribution in [0.25, 0.3) is 0 Å². The van der Waals surface area contributed by atoms with Crippen LogP contribution in [-0.2, 0) is 26.2 Å². The standard InChI is InChI=1S/C23H37F3N4O4S2/c1-17-8-9-22(21(2,3)4,19(14-17)28-35(5,31)32)16-36(33,34)30-12-10-29(11-13-30)20-7-6-18(15-27-20)23(24,25)26/h6-7,15,17,19,28H,8-14,16H2,1-5H3/t17-,19?,22+/m0/s1. The molecule has 1 unspecified atom stereocenters. The Morgan fingerprint density at radius 1 is 1.08 bits per heavy atom. The Morgan fingerprint density at radius 3 is 2.17 bits per heavy atom. The molecule has 36 heavy (non-hydrogen) atoms. The van der Waals surface area contributed by atoms with Gasteiger partial charge in [0.05, 0.1) is 17.6 Å². The minimum absolute atomic E-state index is 0.172. The Bertz CT molecular complexity index is 1130. The van der Waals surface area contributed by atoms with Crippen molar-refractivity contribution in [3.05, 3.63) is 23.9 Å². The van der Waals surface area contributed by atoms with Crippen LogP contribution >= 0.6 is 0 Å². The van der Waals surface area contributed by atoms with Crippen LogP contribution in [0.15, 0.2) is 18.3 Å². The number of sulfonamides is 2. The van der Waals surface area contributed by atoms with E-state index in [1.54, 1.807) is 4.90 Å². The van der Waals surface area contributed by atoms with E-state index in [9.17, 15) is 30.0 Å². The van der Waals surface area contributed by atoms with Gasteiger partial charge in [-0.15, -0.1) is 0 Å². The lowest BCUT2D eigenvalue weighted by Gasteiger charge is -2.54. The van der Waals surface area contributed by atoms with Gasteiger partial charge in [-0.1, -0.05) is 34.1 Å². The van der Waals surface area contributed by atoms with Crippen LogP contribution in [0.2, 0.25) is 0 Å². The summed E-state index contributed by atoms with van der Waals surface area (Å²) in [6.07, 6.45) is -0.635. The highest BCUT2D eigenvalue weighted by Gasteiger charge is 2.54. The summed E-state index contributed by atoms with van der Waals surface area (Å²) in [6, 6.07) is 1.76. The van der Waals surface area contributed by atoms with Crippen molar-refractivity contribution in [3.63, 3.8) is 0 Å². The molecule has 0 radical (unpaired) electrons. The molecule has 1 aliphatic heterocycles. The number of anilines is 1. The van der Waals surface area contributed by atoms with Gasteiger partial charge in [0.15, 0.2) is 0 Å². The van der Waals surface area contributed by atoms with E-state index in [1.165, 1.54) is 10.4 Å². The van der Waals surface area contributed by atoms with Crippen molar-refractivity contribution >= 4 is 25.9 Å². The van der Waals surface area contributed by atoms with Gasteiger partial charge in [-0.25, -0.2) is 26.5 Å². The molecule has 1 aliphatic carbocycles. The third kappa shape index (κ3) is 6.51. The minimum atomic E-state index is -4.47. The molecule has 1 saturated heterocycles. The van der Waals surface area contributed by atoms with Gasteiger partial charge in [0.2, 0.25) is 20.0 Å². The number of hydrogen-bond donors (Lipinski definition) is 1. The molecular weight excluding hydrogens is 517 g/mol. The quantitative estimate of drug-likeness (QED) is 0.579. The second kappa shape index (κ2) is 10.0. The highest BCUT2D eigenvalue weighted by Crippen LogP contribution is 2.52. The van der Waals surface area contributed by atoms with Crippen LogP contribution < -0.4 is 9.62 Å². The van der Waals surface area contributed by atoms with Gasteiger partial charge in [-0.05, 0) is 36.3 Å². The van der Waals surface area contributed by atoms with Crippen molar-refractivity contribution in [1.29, 1.82) is 0 Å². The van der Waals surface area contributed by atoms with Crippen LogP contribution in [0.5, 0.6) is 0 Å². The van der Waals surface area contributed by atoms with E-state index in [-0.39, 0.29) is 24.8 Å².